The minimum atomic E-state index is -0.350. The molecule has 2 rings (SSSR count). The molecule has 0 saturated heterocycles. The van der Waals surface area contributed by atoms with Crippen molar-refractivity contribution in [1.29, 1.82) is 0 Å². The molecule has 1 aromatic carbocycles. The molecular weight excluding hydrogens is 277 g/mol. The molecule has 112 valence electrons. The average molecular weight is 293 g/mol. The van der Waals surface area contributed by atoms with Gasteiger partial charge in [0, 0.05) is 19.4 Å². The molecule has 2 N–H and O–H groups in total. The summed E-state index contributed by atoms with van der Waals surface area (Å²) in [4.78, 5) is 22.8. The highest BCUT2D eigenvalue weighted by molar-refractivity contribution is 6.39. The zero-order valence-corrected chi connectivity index (χ0v) is 11.6. The van der Waals surface area contributed by atoms with E-state index >= 15 is 0 Å². The Morgan fingerprint density at radius 2 is 2.29 bits per heavy atom. The molecule has 0 unspecified atom stereocenters. The van der Waals surface area contributed by atoms with E-state index < -0.39 is 0 Å². The van der Waals surface area contributed by atoms with Crippen molar-refractivity contribution in [3.05, 3.63) is 29.6 Å². The Hall–Kier alpha value is -2.44. The molecule has 0 bridgehead atoms. The molecule has 0 atom stereocenters. The quantitative estimate of drug-likeness (QED) is 0.841. The van der Waals surface area contributed by atoms with Gasteiger partial charge in [0.15, 0.2) is 0 Å². The van der Waals surface area contributed by atoms with Crippen LogP contribution in [0, 0.1) is 5.82 Å². The Labute approximate surface area is 121 Å². The van der Waals surface area contributed by atoms with E-state index in [2.05, 4.69) is 15.8 Å². The number of carbonyl (C=O) groups is 2. The number of hydrazone groups is 1. The summed E-state index contributed by atoms with van der Waals surface area (Å²) in [6.07, 6.45) is 1.01. The van der Waals surface area contributed by atoms with Crippen molar-refractivity contribution in [3.8, 4) is 5.75 Å². The van der Waals surface area contributed by atoms with Gasteiger partial charge in [0.25, 0.3) is 5.91 Å². The molecule has 1 aromatic rings. The standard InChI is InChI=1S/C14H16FN3O3/c1-21-12-4-2-10(15)8-9(12)6-7-16-14(20)11-3-5-13(19)18-17-11/h2,4,8H,3,5-7H2,1H3,(H,16,20)(H,18,19). The van der Waals surface area contributed by atoms with Gasteiger partial charge in [-0.05, 0) is 30.2 Å². The van der Waals surface area contributed by atoms with E-state index in [0.29, 0.717) is 36.4 Å². The Balaban J connectivity index is 1.88. The molecular formula is C14H16FN3O3. The van der Waals surface area contributed by atoms with E-state index in [0.717, 1.165) is 0 Å². The van der Waals surface area contributed by atoms with Gasteiger partial charge in [0.05, 0.1) is 7.11 Å². The number of benzene rings is 1. The monoisotopic (exact) mass is 293 g/mol. The number of rotatable bonds is 5. The molecule has 1 aliphatic rings. The maximum atomic E-state index is 13.2. The number of hydrogen-bond acceptors (Lipinski definition) is 4. The van der Waals surface area contributed by atoms with Crippen molar-refractivity contribution in [3.63, 3.8) is 0 Å². The highest BCUT2D eigenvalue weighted by Crippen LogP contribution is 2.19. The first-order valence-corrected chi connectivity index (χ1v) is 6.56. The summed E-state index contributed by atoms with van der Waals surface area (Å²) in [6.45, 7) is 0.325. The van der Waals surface area contributed by atoms with E-state index in [1.54, 1.807) is 6.07 Å². The first-order chi connectivity index (χ1) is 10.1. The fourth-order valence-electron chi connectivity index (χ4n) is 1.99. The number of carbonyl (C=O) groups excluding carboxylic acids is 2. The van der Waals surface area contributed by atoms with Gasteiger partial charge in [-0.2, -0.15) is 5.10 Å². The van der Waals surface area contributed by atoms with Gasteiger partial charge in [-0.15, -0.1) is 0 Å². The molecule has 0 radical (unpaired) electrons. The van der Waals surface area contributed by atoms with Gasteiger partial charge in [0.1, 0.15) is 17.3 Å². The number of nitrogens with one attached hydrogen (secondary N) is 2. The van der Waals surface area contributed by atoms with E-state index in [9.17, 15) is 14.0 Å². The molecule has 6 nitrogen and oxygen atoms in total. The predicted molar refractivity (Wildman–Crippen MR) is 74.5 cm³/mol. The summed E-state index contributed by atoms with van der Waals surface area (Å²) in [6, 6.07) is 4.25. The normalized spacial score (nSPS) is 14.2. The molecule has 2 amide bonds. The Morgan fingerprint density at radius 1 is 1.48 bits per heavy atom. The second-order valence-electron chi connectivity index (χ2n) is 4.56. The fraction of sp³-hybridized carbons (Fsp3) is 0.357. The van der Waals surface area contributed by atoms with Crippen molar-refractivity contribution < 1.29 is 18.7 Å². The molecule has 21 heavy (non-hydrogen) atoms. The number of ether oxygens (including phenoxy) is 1. The van der Waals surface area contributed by atoms with Crippen LogP contribution in [0.2, 0.25) is 0 Å². The van der Waals surface area contributed by atoms with Gasteiger partial charge in [-0.1, -0.05) is 0 Å². The number of methoxy groups -OCH3 is 1. The summed E-state index contributed by atoms with van der Waals surface area (Å²) in [5.41, 5.74) is 3.24. The Kier molecular flexibility index (Phi) is 4.86. The van der Waals surface area contributed by atoms with Gasteiger partial charge in [-0.25, -0.2) is 9.82 Å². The lowest BCUT2D eigenvalue weighted by Gasteiger charge is -2.12. The summed E-state index contributed by atoms with van der Waals surface area (Å²) >= 11 is 0. The average Bonchev–Trinajstić information content (AvgIpc) is 2.48. The van der Waals surface area contributed by atoms with Crippen molar-refractivity contribution in [1.82, 2.24) is 10.7 Å². The maximum absolute atomic E-state index is 13.2. The fourth-order valence-corrected chi connectivity index (χ4v) is 1.99. The minimum absolute atomic E-state index is 0.198. The number of amides is 2. The van der Waals surface area contributed by atoms with Crippen LogP contribution in [-0.2, 0) is 16.0 Å². The van der Waals surface area contributed by atoms with E-state index in [4.69, 9.17) is 4.74 Å². The molecule has 7 heteroatoms. The topological polar surface area (TPSA) is 79.8 Å². The van der Waals surface area contributed by atoms with Gasteiger partial charge in [0.2, 0.25) is 5.91 Å². The lowest BCUT2D eigenvalue weighted by Crippen LogP contribution is -2.37. The smallest absolute Gasteiger partial charge is 0.267 e. The number of hydrogen-bond donors (Lipinski definition) is 2. The Morgan fingerprint density at radius 3 is 2.95 bits per heavy atom. The van der Waals surface area contributed by atoms with Crippen LogP contribution in [-0.4, -0.2) is 31.2 Å². The third-order valence-electron chi connectivity index (χ3n) is 3.09. The predicted octanol–water partition coefficient (Wildman–Crippen LogP) is 0.759. The number of nitrogens with zero attached hydrogens (tertiary/aromatic N) is 1. The first-order valence-electron chi connectivity index (χ1n) is 6.56. The molecule has 0 aliphatic carbocycles. The van der Waals surface area contributed by atoms with Gasteiger partial charge < -0.3 is 10.1 Å². The molecule has 1 aliphatic heterocycles. The van der Waals surface area contributed by atoms with Crippen LogP contribution in [0.15, 0.2) is 23.3 Å². The van der Waals surface area contributed by atoms with Crippen molar-refractivity contribution in [2.75, 3.05) is 13.7 Å². The summed E-state index contributed by atoms with van der Waals surface area (Å²) in [5, 5.41) is 6.39. The van der Waals surface area contributed by atoms with Crippen molar-refractivity contribution >= 4 is 17.5 Å². The molecule has 0 saturated carbocycles. The lowest BCUT2D eigenvalue weighted by molar-refractivity contribution is -0.121. The molecule has 0 aromatic heterocycles. The van der Waals surface area contributed by atoms with Crippen LogP contribution >= 0.6 is 0 Å². The summed E-state index contributed by atoms with van der Waals surface area (Å²) in [5.74, 6) is -0.300. The van der Waals surface area contributed by atoms with Crippen LogP contribution in [0.25, 0.3) is 0 Å². The Bertz CT molecular complexity index is 587. The van der Waals surface area contributed by atoms with Crippen LogP contribution in [0.5, 0.6) is 5.75 Å². The van der Waals surface area contributed by atoms with Crippen molar-refractivity contribution in [2.24, 2.45) is 5.10 Å². The SMILES string of the molecule is COc1ccc(F)cc1CCNC(=O)C1=NNC(=O)CC1. The third-order valence-corrected chi connectivity index (χ3v) is 3.09. The van der Waals surface area contributed by atoms with Crippen LogP contribution in [0.3, 0.4) is 0 Å². The summed E-state index contributed by atoms with van der Waals surface area (Å²) in [7, 11) is 1.51. The van der Waals surface area contributed by atoms with E-state index in [1.165, 1.54) is 19.2 Å². The van der Waals surface area contributed by atoms with E-state index in [1.807, 2.05) is 0 Å². The highest BCUT2D eigenvalue weighted by atomic mass is 19.1. The zero-order valence-electron chi connectivity index (χ0n) is 11.6. The second-order valence-corrected chi connectivity index (χ2v) is 4.56. The van der Waals surface area contributed by atoms with Crippen LogP contribution in [0.1, 0.15) is 18.4 Å². The van der Waals surface area contributed by atoms with Crippen LogP contribution < -0.4 is 15.5 Å². The molecule has 0 spiro atoms. The number of halogens is 1. The largest absolute Gasteiger partial charge is 0.496 e. The molecule has 0 fully saturated rings. The lowest BCUT2D eigenvalue weighted by atomic mass is 10.1. The zero-order chi connectivity index (χ0) is 15.2. The van der Waals surface area contributed by atoms with Gasteiger partial charge >= 0.3 is 0 Å². The third kappa shape index (κ3) is 4.01. The highest BCUT2D eigenvalue weighted by Gasteiger charge is 2.17. The minimum Gasteiger partial charge on any atom is -0.496 e. The summed E-state index contributed by atoms with van der Waals surface area (Å²) < 4.78 is 18.3. The van der Waals surface area contributed by atoms with Crippen molar-refractivity contribution in [2.45, 2.75) is 19.3 Å². The first kappa shape index (κ1) is 15.0. The van der Waals surface area contributed by atoms with Crippen LogP contribution in [0.4, 0.5) is 4.39 Å². The molecule has 1 heterocycles. The van der Waals surface area contributed by atoms with Gasteiger partial charge in [-0.3, -0.25) is 9.59 Å². The second kappa shape index (κ2) is 6.83. The van der Waals surface area contributed by atoms with E-state index in [-0.39, 0.29) is 24.1 Å². The maximum Gasteiger partial charge on any atom is 0.267 e.